The maximum Gasteiger partial charge on any atom is 0.321 e. The summed E-state index contributed by atoms with van der Waals surface area (Å²) in [5.74, 6) is 0.0821. The lowest BCUT2D eigenvalue weighted by molar-refractivity contribution is -0.153. The van der Waals surface area contributed by atoms with E-state index < -0.39 is 24.0 Å². The highest BCUT2D eigenvalue weighted by atomic mass is 16.5. The second-order valence-electron chi connectivity index (χ2n) is 7.16. The Morgan fingerprint density at radius 2 is 1.77 bits per heavy atom. The van der Waals surface area contributed by atoms with Gasteiger partial charge in [0, 0.05) is 6.04 Å². The monoisotopic (exact) mass is 417 g/mol. The molecule has 0 spiro atoms. The molecular formula is C21H27N3O6. The van der Waals surface area contributed by atoms with Gasteiger partial charge in [-0.1, -0.05) is 17.3 Å². The van der Waals surface area contributed by atoms with Crippen LogP contribution in [0.5, 0.6) is 5.75 Å². The summed E-state index contributed by atoms with van der Waals surface area (Å²) in [6, 6.07) is 6.22. The van der Waals surface area contributed by atoms with Crippen LogP contribution in [0, 0.1) is 13.8 Å². The number of hydrogen-bond acceptors (Lipinski definition) is 7. The molecule has 1 heterocycles. The molecule has 30 heavy (non-hydrogen) atoms. The largest absolute Gasteiger partial charge is 0.489 e. The second-order valence-corrected chi connectivity index (χ2v) is 7.16. The third-order valence-electron chi connectivity index (χ3n) is 4.17. The molecule has 0 unspecified atom stereocenters. The molecule has 1 aromatic carbocycles. The number of amides is 3. The number of esters is 1. The van der Waals surface area contributed by atoms with Crippen molar-refractivity contribution in [2.24, 2.45) is 0 Å². The molecule has 2 aromatic rings. The van der Waals surface area contributed by atoms with Gasteiger partial charge in [0.1, 0.15) is 18.1 Å². The lowest BCUT2D eigenvalue weighted by Gasteiger charge is -2.14. The van der Waals surface area contributed by atoms with E-state index in [0.29, 0.717) is 23.7 Å². The first-order valence-electron chi connectivity index (χ1n) is 9.60. The first-order valence-corrected chi connectivity index (χ1v) is 9.60. The van der Waals surface area contributed by atoms with Crippen molar-refractivity contribution in [2.45, 2.75) is 59.8 Å². The maximum absolute atomic E-state index is 12.1. The highest BCUT2D eigenvalue weighted by molar-refractivity contribution is 5.97. The van der Waals surface area contributed by atoms with Crippen LogP contribution in [-0.4, -0.2) is 35.2 Å². The van der Waals surface area contributed by atoms with Crippen LogP contribution in [0.25, 0.3) is 0 Å². The Labute approximate surface area is 175 Å². The summed E-state index contributed by atoms with van der Waals surface area (Å²) in [6.07, 6.45) is -1.10. The highest BCUT2D eigenvalue weighted by Gasteiger charge is 2.20. The van der Waals surface area contributed by atoms with Gasteiger partial charge in [0.2, 0.25) is 0 Å². The van der Waals surface area contributed by atoms with Gasteiger partial charge >= 0.3 is 12.0 Å². The van der Waals surface area contributed by atoms with Crippen molar-refractivity contribution in [3.63, 3.8) is 0 Å². The molecule has 0 radical (unpaired) electrons. The molecule has 0 aliphatic heterocycles. The molecule has 0 aliphatic carbocycles. The van der Waals surface area contributed by atoms with Crippen LogP contribution in [0.2, 0.25) is 0 Å². The fourth-order valence-corrected chi connectivity index (χ4v) is 2.54. The van der Waals surface area contributed by atoms with Gasteiger partial charge in [0.15, 0.2) is 6.10 Å². The molecular weight excluding hydrogens is 390 g/mol. The summed E-state index contributed by atoms with van der Waals surface area (Å²) in [7, 11) is 0. The zero-order valence-electron chi connectivity index (χ0n) is 17.8. The number of aromatic nitrogens is 1. The van der Waals surface area contributed by atoms with Crippen LogP contribution < -0.4 is 15.4 Å². The quantitative estimate of drug-likeness (QED) is 0.634. The van der Waals surface area contributed by atoms with Crippen molar-refractivity contribution in [3.05, 3.63) is 46.8 Å². The van der Waals surface area contributed by atoms with Gasteiger partial charge in [-0.2, -0.15) is 0 Å². The third kappa shape index (κ3) is 6.91. The molecule has 162 valence electrons. The minimum Gasteiger partial charge on any atom is -0.489 e. The number of aryl methyl sites for hydroxylation is 2. The zero-order valence-corrected chi connectivity index (χ0v) is 17.8. The van der Waals surface area contributed by atoms with Gasteiger partial charge in [-0.3, -0.25) is 14.9 Å². The van der Waals surface area contributed by atoms with E-state index in [2.05, 4.69) is 15.8 Å². The molecule has 0 aliphatic rings. The molecule has 2 N–H and O–H groups in total. The van der Waals surface area contributed by atoms with Gasteiger partial charge in [0.05, 0.1) is 17.7 Å². The molecule has 0 saturated carbocycles. The lowest BCUT2D eigenvalue weighted by Crippen LogP contribution is -2.46. The van der Waals surface area contributed by atoms with Crippen molar-refractivity contribution in [2.75, 3.05) is 0 Å². The number of rotatable bonds is 8. The minimum absolute atomic E-state index is 0.0139. The number of carbonyl (C=O) groups excluding carboxylic acids is 3. The van der Waals surface area contributed by atoms with Gasteiger partial charge in [-0.15, -0.1) is 0 Å². The molecule has 2 rings (SSSR count). The van der Waals surface area contributed by atoms with E-state index in [1.807, 2.05) is 13.8 Å². The Morgan fingerprint density at radius 3 is 2.33 bits per heavy atom. The van der Waals surface area contributed by atoms with Gasteiger partial charge in [0.25, 0.3) is 5.91 Å². The summed E-state index contributed by atoms with van der Waals surface area (Å²) < 4.78 is 15.9. The smallest absolute Gasteiger partial charge is 0.321 e. The number of urea groups is 1. The second kappa shape index (κ2) is 10.4. The van der Waals surface area contributed by atoms with Crippen molar-refractivity contribution < 1.29 is 28.4 Å². The van der Waals surface area contributed by atoms with Gasteiger partial charge < -0.3 is 19.3 Å². The predicted molar refractivity (Wildman–Crippen MR) is 108 cm³/mol. The summed E-state index contributed by atoms with van der Waals surface area (Å²) in [4.78, 5) is 35.5. The van der Waals surface area contributed by atoms with Crippen LogP contribution in [0.15, 0.2) is 28.8 Å². The average Bonchev–Trinajstić information content (AvgIpc) is 2.98. The molecule has 0 fully saturated rings. The summed E-state index contributed by atoms with van der Waals surface area (Å²) >= 11 is 0. The number of nitrogens with one attached hydrogen (secondary N) is 2. The average molecular weight is 417 g/mol. The maximum atomic E-state index is 12.1. The van der Waals surface area contributed by atoms with E-state index >= 15 is 0 Å². The van der Waals surface area contributed by atoms with Crippen molar-refractivity contribution >= 4 is 17.9 Å². The Bertz CT molecular complexity index is 869. The number of hydrogen-bond donors (Lipinski definition) is 2. The molecule has 9 heteroatoms. The summed E-state index contributed by atoms with van der Waals surface area (Å²) in [5.41, 5.74) is 2.39. The molecule has 0 bridgehead atoms. The Morgan fingerprint density at radius 1 is 1.10 bits per heavy atom. The zero-order chi connectivity index (χ0) is 22.3. The normalized spacial score (nSPS) is 11.7. The molecule has 3 amide bonds. The summed E-state index contributed by atoms with van der Waals surface area (Å²) in [5, 5.41) is 8.53. The van der Waals surface area contributed by atoms with E-state index in [-0.39, 0.29) is 12.5 Å². The van der Waals surface area contributed by atoms with Crippen molar-refractivity contribution in [3.8, 4) is 5.75 Å². The minimum atomic E-state index is -1.09. The fraction of sp³-hybridized carbons (Fsp3) is 0.429. The van der Waals surface area contributed by atoms with Crippen LogP contribution in [0.3, 0.4) is 0 Å². The topological polar surface area (TPSA) is 120 Å². The Kier molecular flexibility index (Phi) is 7.97. The third-order valence-corrected chi connectivity index (χ3v) is 4.17. The standard InChI is InChI=1S/C21H27N3O6/c1-12(2)22-21(27)23-20(26)15(5)29-19(25)10-16-6-8-17(9-7-16)28-11-18-13(3)24-30-14(18)4/h6-9,12,15H,10-11H2,1-5H3,(H2,22,23,26,27)/t15-/m0/s1. The van der Waals surface area contributed by atoms with E-state index in [1.165, 1.54) is 6.92 Å². The number of nitrogens with zero attached hydrogens (tertiary/aromatic N) is 1. The Balaban J connectivity index is 1.81. The van der Waals surface area contributed by atoms with Crippen LogP contribution in [-0.2, 0) is 27.4 Å². The fourth-order valence-electron chi connectivity index (χ4n) is 2.54. The molecule has 0 saturated heterocycles. The highest BCUT2D eigenvalue weighted by Crippen LogP contribution is 2.18. The number of imide groups is 1. The molecule has 1 atom stereocenters. The van der Waals surface area contributed by atoms with E-state index in [4.69, 9.17) is 14.0 Å². The first kappa shape index (κ1) is 22.9. The molecule has 1 aromatic heterocycles. The van der Waals surface area contributed by atoms with Gasteiger partial charge in [-0.25, -0.2) is 4.79 Å². The lowest BCUT2D eigenvalue weighted by atomic mass is 10.1. The van der Waals surface area contributed by atoms with E-state index in [0.717, 1.165) is 11.3 Å². The number of carbonyl (C=O) groups is 3. The van der Waals surface area contributed by atoms with Crippen molar-refractivity contribution in [1.29, 1.82) is 0 Å². The summed E-state index contributed by atoms with van der Waals surface area (Å²) in [6.45, 7) is 8.94. The predicted octanol–water partition coefficient (Wildman–Crippen LogP) is 2.58. The van der Waals surface area contributed by atoms with Gasteiger partial charge in [-0.05, 0) is 52.3 Å². The SMILES string of the molecule is Cc1noc(C)c1COc1ccc(CC(=O)O[C@@H](C)C(=O)NC(=O)NC(C)C)cc1. The Hall–Kier alpha value is -3.36. The van der Waals surface area contributed by atoms with Crippen LogP contribution >= 0.6 is 0 Å². The van der Waals surface area contributed by atoms with E-state index in [9.17, 15) is 14.4 Å². The van der Waals surface area contributed by atoms with E-state index in [1.54, 1.807) is 38.1 Å². The van der Waals surface area contributed by atoms with Crippen LogP contribution in [0.1, 0.15) is 43.4 Å². The van der Waals surface area contributed by atoms with Crippen molar-refractivity contribution in [1.82, 2.24) is 15.8 Å². The first-order chi connectivity index (χ1) is 14.2. The number of benzene rings is 1. The number of ether oxygens (including phenoxy) is 2. The van der Waals surface area contributed by atoms with Crippen LogP contribution in [0.4, 0.5) is 4.79 Å². The molecule has 9 nitrogen and oxygen atoms in total.